The van der Waals surface area contributed by atoms with Gasteiger partial charge in [0.1, 0.15) is 5.75 Å². The normalized spacial score (nSPS) is 10.8. The van der Waals surface area contributed by atoms with Crippen molar-refractivity contribution in [3.8, 4) is 17.0 Å². The molecular weight excluding hydrogens is 214 g/mol. The zero-order valence-electron chi connectivity index (χ0n) is 10.3. The number of nitrogens with two attached hydrogens (primary N) is 1. The number of ether oxygens (including phenoxy) is 1. The van der Waals surface area contributed by atoms with Gasteiger partial charge < -0.3 is 10.5 Å². The second kappa shape index (κ2) is 4.49. The van der Waals surface area contributed by atoms with E-state index in [-0.39, 0.29) is 0 Å². The molecule has 2 rings (SSSR count). The lowest BCUT2D eigenvalue weighted by molar-refractivity contribution is 0.417. The molecule has 0 unspecified atom stereocenters. The summed E-state index contributed by atoms with van der Waals surface area (Å²) in [4.78, 5) is 0. The Morgan fingerprint density at radius 3 is 2.71 bits per heavy atom. The number of benzene rings is 1. The third kappa shape index (κ3) is 2.11. The number of hydrogen-bond acceptors (Lipinski definition) is 3. The summed E-state index contributed by atoms with van der Waals surface area (Å²) >= 11 is 0. The minimum atomic E-state index is 0.323. The molecule has 90 valence electrons. The third-order valence-electron chi connectivity index (χ3n) is 2.69. The van der Waals surface area contributed by atoms with Crippen molar-refractivity contribution < 1.29 is 4.74 Å². The van der Waals surface area contributed by atoms with Gasteiger partial charge >= 0.3 is 0 Å². The second-order valence-corrected chi connectivity index (χ2v) is 4.21. The van der Waals surface area contributed by atoms with E-state index in [0.29, 0.717) is 17.5 Å². The lowest BCUT2D eigenvalue weighted by Gasteiger charge is -2.12. The molecule has 2 N–H and O–H groups in total. The quantitative estimate of drug-likeness (QED) is 0.826. The molecule has 4 heteroatoms. The van der Waals surface area contributed by atoms with Crippen LogP contribution >= 0.6 is 0 Å². The Labute approximate surface area is 101 Å². The number of nitrogens with zero attached hydrogens (tertiary/aromatic N) is 2. The summed E-state index contributed by atoms with van der Waals surface area (Å²) in [7, 11) is 1.62. The largest absolute Gasteiger partial charge is 0.495 e. The van der Waals surface area contributed by atoms with Crippen LogP contribution in [0, 0.1) is 0 Å². The molecule has 0 radical (unpaired) electrons. The number of rotatable bonds is 3. The van der Waals surface area contributed by atoms with Crippen molar-refractivity contribution in [2.45, 2.75) is 19.9 Å². The molecule has 1 heterocycles. The van der Waals surface area contributed by atoms with Crippen molar-refractivity contribution in [1.29, 1.82) is 0 Å². The summed E-state index contributed by atoms with van der Waals surface area (Å²) < 4.78 is 7.21. The number of methoxy groups -OCH3 is 1. The summed E-state index contributed by atoms with van der Waals surface area (Å²) in [5.74, 6) is 0.694. The molecule has 0 amide bonds. The standard InChI is InChI=1S/C13H17N3O/c1-9(2)16-12(6-7-15-16)10-4-5-11(14)13(8-10)17-3/h4-9H,14H2,1-3H3. The predicted octanol–water partition coefficient (Wildman–Crippen LogP) is 2.72. The highest BCUT2D eigenvalue weighted by molar-refractivity contribution is 5.67. The molecule has 2 aromatic rings. The maximum atomic E-state index is 5.80. The lowest BCUT2D eigenvalue weighted by Crippen LogP contribution is -2.04. The topological polar surface area (TPSA) is 53.1 Å². The fraction of sp³-hybridized carbons (Fsp3) is 0.308. The van der Waals surface area contributed by atoms with Crippen molar-refractivity contribution in [3.63, 3.8) is 0 Å². The molecule has 4 nitrogen and oxygen atoms in total. The first-order chi connectivity index (χ1) is 8.13. The number of hydrogen-bond donors (Lipinski definition) is 1. The SMILES string of the molecule is COc1cc(-c2ccnn2C(C)C)ccc1N. The summed E-state index contributed by atoms with van der Waals surface area (Å²) in [6, 6.07) is 8.08. The zero-order valence-corrected chi connectivity index (χ0v) is 10.3. The van der Waals surface area contributed by atoms with E-state index in [1.807, 2.05) is 28.9 Å². The first-order valence-corrected chi connectivity index (χ1v) is 5.61. The van der Waals surface area contributed by atoms with Gasteiger partial charge in [-0.2, -0.15) is 5.10 Å². The second-order valence-electron chi connectivity index (χ2n) is 4.21. The van der Waals surface area contributed by atoms with Gasteiger partial charge in [0.2, 0.25) is 0 Å². The van der Waals surface area contributed by atoms with E-state index in [2.05, 4.69) is 18.9 Å². The van der Waals surface area contributed by atoms with Gasteiger partial charge in [0.15, 0.2) is 0 Å². The molecule has 1 aromatic heterocycles. The maximum absolute atomic E-state index is 5.80. The molecule has 0 aliphatic carbocycles. The molecule has 17 heavy (non-hydrogen) atoms. The van der Waals surface area contributed by atoms with Crippen molar-refractivity contribution >= 4 is 5.69 Å². The lowest BCUT2D eigenvalue weighted by atomic mass is 10.1. The smallest absolute Gasteiger partial charge is 0.142 e. The first kappa shape index (κ1) is 11.5. The molecule has 0 aliphatic heterocycles. The summed E-state index contributed by atoms with van der Waals surface area (Å²) in [6.45, 7) is 4.20. The summed E-state index contributed by atoms with van der Waals surface area (Å²) in [5, 5.41) is 4.31. The van der Waals surface area contributed by atoms with Crippen LogP contribution in [0.1, 0.15) is 19.9 Å². The fourth-order valence-corrected chi connectivity index (χ4v) is 1.82. The Hall–Kier alpha value is -1.97. The summed E-state index contributed by atoms with van der Waals surface area (Å²) in [6.07, 6.45) is 1.80. The number of aromatic nitrogens is 2. The monoisotopic (exact) mass is 231 g/mol. The Balaban J connectivity index is 2.49. The van der Waals surface area contributed by atoms with Gasteiger partial charge in [-0.05, 0) is 32.0 Å². The van der Waals surface area contributed by atoms with Crippen LogP contribution in [0.25, 0.3) is 11.3 Å². The molecule has 0 spiro atoms. The van der Waals surface area contributed by atoms with Crippen LogP contribution in [-0.4, -0.2) is 16.9 Å². The van der Waals surface area contributed by atoms with Crippen LogP contribution in [0.5, 0.6) is 5.75 Å². The minimum Gasteiger partial charge on any atom is -0.495 e. The van der Waals surface area contributed by atoms with Gasteiger partial charge in [-0.15, -0.1) is 0 Å². The van der Waals surface area contributed by atoms with E-state index in [9.17, 15) is 0 Å². The number of nitrogen functional groups attached to an aromatic ring is 1. The highest BCUT2D eigenvalue weighted by Crippen LogP contribution is 2.29. The Morgan fingerprint density at radius 2 is 2.06 bits per heavy atom. The van der Waals surface area contributed by atoms with Crippen molar-refractivity contribution in [2.75, 3.05) is 12.8 Å². The maximum Gasteiger partial charge on any atom is 0.142 e. The van der Waals surface area contributed by atoms with Crippen molar-refractivity contribution in [3.05, 3.63) is 30.5 Å². The molecule has 0 saturated heterocycles. The molecule has 0 aliphatic rings. The van der Waals surface area contributed by atoms with Crippen LogP contribution in [-0.2, 0) is 0 Å². The van der Waals surface area contributed by atoms with Crippen LogP contribution in [0.3, 0.4) is 0 Å². The predicted molar refractivity (Wildman–Crippen MR) is 69.0 cm³/mol. The van der Waals surface area contributed by atoms with Gasteiger partial charge in [0.25, 0.3) is 0 Å². The van der Waals surface area contributed by atoms with E-state index < -0.39 is 0 Å². The van der Waals surface area contributed by atoms with Gasteiger partial charge in [0.05, 0.1) is 18.5 Å². The van der Waals surface area contributed by atoms with Crippen LogP contribution in [0.15, 0.2) is 30.5 Å². The number of anilines is 1. The Kier molecular flexibility index (Phi) is 3.04. The fourth-order valence-electron chi connectivity index (χ4n) is 1.82. The van der Waals surface area contributed by atoms with E-state index in [1.165, 1.54) is 0 Å². The van der Waals surface area contributed by atoms with E-state index in [1.54, 1.807) is 13.3 Å². The van der Waals surface area contributed by atoms with Crippen LogP contribution < -0.4 is 10.5 Å². The van der Waals surface area contributed by atoms with Crippen molar-refractivity contribution in [1.82, 2.24) is 9.78 Å². The van der Waals surface area contributed by atoms with Crippen LogP contribution in [0.2, 0.25) is 0 Å². The third-order valence-corrected chi connectivity index (χ3v) is 2.69. The minimum absolute atomic E-state index is 0.323. The van der Waals surface area contributed by atoms with Crippen molar-refractivity contribution in [2.24, 2.45) is 0 Å². The average Bonchev–Trinajstić information content (AvgIpc) is 2.78. The Morgan fingerprint density at radius 1 is 1.29 bits per heavy atom. The Bertz CT molecular complexity index is 517. The van der Waals surface area contributed by atoms with E-state index >= 15 is 0 Å². The van der Waals surface area contributed by atoms with Gasteiger partial charge in [-0.25, -0.2) is 0 Å². The molecule has 0 saturated carbocycles. The zero-order chi connectivity index (χ0) is 12.4. The first-order valence-electron chi connectivity index (χ1n) is 5.61. The molecule has 0 bridgehead atoms. The molecular formula is C13H17N3O. The van der Waals surface area contributed by atoms with Gasteiger partial charge in [-0.3, -0.25) is 4.68 Å². The highest BCUT2D eigenvalue weighted by Gasteiger charge is 2.10. The van der Waals surface area contributed by atoms with Crippen LogP contribution in [0.4, 0.5) is 5.69 Å². The summed E-state index contributed by atoms with van der Waals surface area (Å²) in [5.41, 5.74) is 8.57. The molecule has 0 atom stereocenters. The van der Waals surface area contributed by atoms with E-state index in [0.717, 1.165) is 11.3 Å². The van der Waals surface area contributed by atoms with Gasteiger partial charge in [0, 0.05) is 17.8 Å². The molecule has 1 aromatic carbocycles. The highest BCUT2D eigenvalue weighted by atomic mass is 16.5. The van der Waals surface area contributed by atoms with E-state index in [4.69, 9.17) is 10.5 Å². The average molecular weight is 231 g/mol. The molecule has 0 fully saturated rings. The van der Waals surface area contributed by atoms with Gasteiger partial charge in [-0.1, -0.05) is 6.07 Å².